The Bertz CT molecular complexity index is 475. The molecule has 2 unspecified atom stereocenters. The largest absolute Gasteiger partial charge is 0.481 e. The SMILES string of the molecule is CC(C)=CCC=C1CCC(C(=O)O)C(C(=O)OCCN(C)C)C1. The molecule has 0 spiro atoms. The Morgan fingerprint density at radius 2 is 2.00 bits per heavy atom. The molecule has 0 heterocycles. The minimum absolute atomic E-state index is 0.297. The fourth-order valence-electron chi connectivity index (χ4n) is 2.69. The smallest absolute Gasteiger partial charge is 0.310 e. The predicted octanol–water partition coefficient (Wildman–Crippen LogP) is 2.87. The molecule has 5 heteroatoms. The molecule has 23 heavy (non-hydrogen) atoms. The van der Waals surface area contributed by atoms with E-state index < -0.39 is 17.8 Å². The minimum Gasteiger partial charge on any atom is -0.481 e. The van der Waals surface area contributed by atoms with Gasteiger partial charge in [0.2, 0.25) is 0 Å². The van der Waals surface area contributed by atoms with Gasteiger partial charge in [0.25, 0.3) is 0 Å². The van der Waals surface area contributed by atoms with Crippen LogP contribution in [-0.2, 0) is 14.3 Å². The first-order valence-electron chi connectivity index (χ1n) is 8.16. The molecule has 1 N–H and O–H groups in total. The molecule has 0 aromatic heterocycles. The first-order valence-corrected chi connectivity index (χ1v) is 8.16. The van der Waals surface area contributed by atoms with E-state index in [1.54, 1.807) is 0 Å². The summed E-state index contributed by atoms with van der Waals surface area (Å²) in [6.07, 6.45) is 6.82. The number of aliphatic carboxylic acids is 1. The van der Waals surface area contributed by atoms with Crippen LogP contribution in [-0.4, -0.2) is 49.2 Å². The van der Waals surface area contributed by atoms with Crippen LogP contribution in [0.1, 0.15) is 39.5 Å². The Balaban J connectivity index is 2.70. The molecule has 130 valence electrons. The van der Waals surface area contributed by atoms with Crippen molar-refractivity contribution in [3.8, 4) is 0 Å². The summed E-state index contributed by atoms with van der Waals surface area (Å²) >= 11 is 0. The topological polar surface area (TPSA) is 66.8 Å². The van der Waals surface area contributed by atoms with E-state index in [1.807, 2.05) is 32.8 Å². The van der Waals surface area contributed by atoms with Gasteiger partial charge in [-0.25, -0.2) is 0 Å². The summed E-state index contributed by atoms with van der Waals surface area (Å²) in [6.45, 7) is 5.03. The van der Waals surface area contributed by atoms with E-state index in [4.69, 9.17) is 4.74 Å². The highest BCUT2D eigenvalue weighted by atomic mass is 16.5. The second-order valence-electron chi connectivity index (χ2n) is 6.64. The molecule has 0 aliphatic heterocycles. The highest BCUT2D eigenvalue weighted by molar-refractivity contribution is 5.81. The number of likely N-dealkylation sites (N-methyl/N-ethyl adjacent to an activating group) is 1. The Morgan fingerprint density at radius 3 is 2.57 bits per heavy atom. The lowest BCUT2D eigenvalue weighted by Crippen LogP contribution is -2.35. The molecule has 0 radical (unpaired) electrons. The average molecular weight is 323 g/mol. The van der Waals surface area contributed by atoms with E-state index in [1.165, 1.54) is 5.57 Å². The van der Waals surface area contributed by atoms with Gasteiger partial charge in [0.15, 0.2) is 0 Å². The number of ether oxygens (including phenoxy) is 1. The molecular formula is C18H29NO4. The Labute approximate surface area is 139 Å². The minimum atomic E-state index is -0.900. The van der Waals surface area contributed by atoms with Gasteiger partial charge in [-0.1, -0.05) is 23.3 Å². The monoisotopic (exact) mass is 323 g/mol. The number of carboxylic acid groups (broad SMARTS) is 1. The molecule has 0 aromatic rings. The summed E-state index contributed by atoms with van der Waals surface area (Å²) in [4.78, 5) is 25.6. The van der Waals surface area contributed by atoms with Crippen LogP contribution in [0.2, 0.25) is 0 Å². The third-order valence-corrected chi connectivity index (χ3v) is 4.08. The van der Waals surface area contributed by atoms with Crippen LogP contribution in [0.4, 0.5) is 0 Å². The van der Waals surface area contributed by atoms with E-state index in [-0.39, 0.29) is 5.97 Å². The van der Waals surface area contributed by atoms with Crippen molar-refractivity contribution in [2.75, 3.05) is 27.2 Å². The van der Waals surface area contributed by atoms with Crippen molar-refractivity contribution in [1.82, 2.24) is 4.90 Å². The van der Waals surface area contributed by atoms with Gasteiger partial charge in [-0.15, -0.1) is 0 Å². The van der Waals surface area contributed by atoms with Gasteiger partial charge < -0.3 is 14.7 Å². The van der Waals surface area contributed by atoms with Crippen LogP contribution in [0.3, 0.4) is 0 Å². The molecular weight excluding hydrogens is 294 g/mol. The second kappa shape index (κ2) is 9.50. The summed E-state index contributed by atoms with van der Waals surface area (Å²) in [7, 11) is 3.80. The number of carbonyl (C=O) groups excluding carboxylic acids is 1. The average Bonchev–Trinajstić information content (AvgIpc) is 2.46. The Morgan fingerprint density at radius 1 is 1.30 bits per heavy atom. The summed E-state index contributed by atoms with van der Waals surface area (Å²) in [5, 5.41) is 9.36. The molecule has 0 aromatic carbocycles. The molecule has 5 nitrogen and oxygen atoms in total. The van der Waals surface area contributed by atoms with Gasteiger partial charge in [-0.2, -0.15) is 0 Å². The van der Waals surface area contributed by atoms with Crippen molar-refractivity contribution in [2.45, 2.75) is 39.5 Å². The number of carboxylic acids is 1. The highest BCUT2D eigenvalue weighted by Gasteiger charge is 2.38. The zero-order chi connectivity index (χ0) is 17.4. The van der Waals surface area contributed by atoms with Crippen molar-refractivity contribution in [3.05, 3.63) is 23.3 Å². The summed E-state index contributed by atoms with van der Waals surface area (Å²) in [6, 6.07) is 0. The maximum Gasteiger partial charge on any atom is 0.310 e. The molecule has 1 aliphatic carbocycles. The third-order valence-electron chi connectivity index (χ3n) is 4.08. The van der Waals surface area contributed by atoms with Crippen LogP contribution in [0.5, 0.6) is 0 Å². The van der Waals surface area contributed by atoms with Crippen LogP contribution < -0.4 is 0 Å². The van der Waals surface area contributed by atoms with Crippen LogP contribution in [0, 0.1) is 11.8 Å². The third kappa shape index (κ3) is 6.99. The van der Waals surface area contributed by atoms with E-state index in [0.29, 0.717) is 26.0 Å². The molecule has 1 aliphatic rings. The molecule has 0 amide bonds. The quantitative estimate of drug-likeness (QED) is 0.576. The first-order chi connectivity index (χ1) is 10.8. The number of nitrogens with zero attached hydrogens (tertiary/aromatic N) is 1. The number of rotatable bonds is 7. The van der Waals surface area contributed by atoms with Crippen molar-refractivity contribution < 1.29 is 19.4 Å². The van der Waals surface area contributed by atoms with Crippen LogP contribution in [0.15, 0.2) is 23.3 Å². The van der Waals surface area contributed by atoms with Gasteiger partial charge in [-0.3, -0.25) is 9.59 Å². The normalized spacial score (nSPS) is 22.9. The van der Waals surface area contributed by atoms with E-state index in [2.05, 4.69) is 12.2 Å². The maximum atomic E-state index is 12.3. The Hall–Kier alpha value is -1.62. The zero-order valence-electron chi connectivity index (χ0n) is 14.7. The predicted molar refractivity (Wildman–Crippen MR) is 90.1 cm³/mol. The van der Waals surface area contributed by atoms with E-state index in [0.717, 1.165) is 18.4 Å². The fraction of sp³-hybridized carbons (Fsp3) is 0.667. The maximum absolute atomic E-state index is 12.3. The standard InChI is InChI=1S/C18H29NO4/c1-13(2)6-5-7-14-8-9-15(17(20)21)16(12-14)18(22)23-11-10-19(3)4/h6-7,15-16H,5,8-12H2,1-4H3,(H,20,21). The summed E-state index contributed by atoms with van der Waals surface area (Å²) in [5.41, 5.74) is 2.41. The van der Waals surface area contributed by atoms with Crippen LogP contribution >= 0.6 is 0 Å². The highest BCUT2D eigenvalue weighted by Crippen LogP contribution is 2.35. The number of esters is 1. The lowest BCUT2D eigenvalue weighted by Gasteiger charge is -2.29. The molecule has 1 saturated carbocycles. The van der Waals surface area contributed by atoms with Crippen LogP contribution in [0.25, 0.3) is 0 Å². The first kappa shape index (κ1) is 19.4. The van der Waals surface area contributed by atoms with Gasteiger partial charge in [-0.05, 0) is 53.6 Å². The van der Waals surface area contributed by atoms with E-state index >= 15 is 0 Å². The molecule has 2 atom stereocenters. The van der Waals surface area contributed by atoms with Gasteiger partial charge in [0.1, 0.15) is 6.61 Å². The zero-order valence-corrected chi connectivity index (χ0v) is 14.7. The lowest BCUT2D eigenvalue weighted by molar-refractivity contribution is -0.159. The van der Waals surface area contributed by atoms with Crippen molar-refractivity contribution in [2.24, 2.45) is 11.8 Å². The lowest BCUT2D eigenvalue weighted by atomic mass is 9.76. The van der Waals surface area contributed by atoms with Crippen molar-refractivity contribution >= 4 is 11.9 Å². The van der Waals surface area contributed by atoms with Crippen molar-refractivity contribution in [3.63, 3.8) is 0 Å². The molecule has 0 saturated heterocycles. The number of hydrogen-bond acceptors (Lipinski definition) is 4. The summed E-state index contributed by atoms with van der Waals surface area (Å²) in [5.74, 6) is -2.49. The fourth-order valence-corrected chi connectivity index (χ4v) is 2.69. The molecule has 1 rings (SSSR count). The Kier molecular flexibility index (Phi) is 8.03. The van der Waals surface area contributed by atoms with Gasteiger partial charge in [0, 0.05) is 6.54 Å². The molecule has 0 bridgehead atoms. The van der Waals surface area contributed by atoms with E-state index in [9.17, 15) is 14.7 Å². The molecule has 1 fully saturated rings. The van der Waals surface area contributed by atoms with Gasteiger partial charge in [0.05, 0.1) is 11.8 Å². The van der Waals surface area contributed by atoms with Gasteiger partial charge >= 0.3 is 11.9 Å². The second-order valence-corrected chi connectivity index (χ2v) is 6.64. The van der Waals surface area contributed by atoms with Crippen molar-refractivity contribution in [1.29, 1.82) is 0 Å². The summed E-state index contributed by atoms with van der Waals surface area (Å²) < 4.78 is 5.28. The number of hydrogen-bond donors (Lipinski definition) is 1. The number of carbonyl (C=O) groups is 2. The number of allylic oxidation sites excluding steroid dienone is 4.